The zero-order valence-corrected chi connectivity index (χ0v) is 15.0. The lowest BCUT2D eigenvalue weighted by Gasteiger charge is -2.10. The Morgan fingerprint density at radius 2 is 2.16 bits per heavy atom. The van der Waals surface area contributed by atoms with Crippen LogP contribution in [0, 0.1) is 0 Å². The second-order valence-electron chi connectivity index (χ2n) is 5.90. The van der Waals surface area contributed by atoms with Gasteiger partial charge in [-0.15, -0.1) is 11.3 Å². The van der Waals surface area contributed by atoms with E-state index in [1.165, 1.54) is 11.3 Å². The number of aromatic nitrogens is 1. The Morgan fingerprint density at radius 1 is 1.36 bits per heavy atom. The van der Waals surface area contributed by atoms with Crippen molar-refractivity contribution in [3.63, 3.8) is 0 Å². The standard InChI is InChI=1S/C18H21N3O3S/c1-24-15-6-4-13(5-7-15)8-9-19-16(22)11-14-12-25-18(20-14)21-10-2-3-17(21)23/h4-7,12H,2-3,8-11H2,1H3,(H,19,22). The van der Waals surface area contributed by atoms with Crippen molar-refractivity contribution in [2.45, 2.75) is 25.7 Å². The van der Waals surface area contributed by atoms with E-state index in [1.807, 2.05) is 29.6 Å². The molecule has 1 saturated heterocycles. The summed E-state index contributed by atoms with van der Waals surface area (Å²) in [7, 11) is 1.64. The van der Waals surface area contributed by atoms with Gasteiger partial charge in [-0.25, -0.2) is 4.98 Å². The molecule has 0 bridgehead atoms. The van der Waals surface area contributed by atoms with Gasteiger partial charge >= 0.3 is 0 Å². The molecule has 2 heterocycles. The van der Waals surface area contributed by atoms with Gasteiger partial charge in [0.05, 0.1) is 19.2 Å². The van der Waals surface area contributed by atoms with Crippen molar-refractivity contribution in [1.29, 1.82) is 0 Å². The van der Waals surface area contributed by atoms with Crippen LogP contribution in [-0.2, 0) is 22.4 Å². The third kappa shape index (κ3) is 4.57. The molecule has 7 heteroatoms. The molecule has 132 valence electrons. The molecule has 1 aliphatic rings. The maximum Gasteiger partial charge on any atom is 0.228 e. The minimum atomic E-state index is -0.0573. The van der Waals surface area contributed by atoms with Crippen LogP contribution < -0.4 is 15.0 Å². The molecule has 0 spiro atoms. The van der Waals surface area contributed by atoms with Crippen molar-refractivity contribution >= 4 is 28.3 Å². The number of methoxy groups -OCH3 is 1. The van der Waals surface area contributed by atoms with E-state index in [-0.39, 0.29) is 18.2 Å². The number of thiazole rings is 1. The fourth-order valence-corrected chi connectivity index (χ4v) is 3.59. The van der Waals surface area contributed by atoms with Crippen LogP contribution in [-0.4, -0.2) is 37.0 Å². The molecule has 0 aliphatic carbocycles. The third-order valence-corrected chi connectivity index (χ3v) is 4.99. The topological polar surface area (TPSA) is 71.5 Å². The lowest BCUT2D eigenvalue weighted by atomic mass is 10.1. The summed E-state index contributed by atoms with van der Waals surface area (Å²) in [4.78, 5) is 29.9. The predicted molar refractivity (Wildman–Crippen MR) is 97.1 cm³/mol. The van der Waals surface area contributed by atoms with Gasteiger partial charge in [0, 0.05) is 24.9 Å². The van der Waals surface area contributed by atoms with Crippen molar-refractivity contribution < 1.29 is 14.3 Å². The van der Waals surface area contributed by atoms with Gasteiger partial charge in [-0.1, -0.05) is 12.1 Å². The highest BCUT2D eigenvalue weighted by Gasteiger charge is 2.24. The molecule has 2 amide bonds. The smallest absolute Gasteiger partial charge is 0.228 e. The molecule has 1 fully saturated rings. The molecule has 1 N–H and O–H groups in total. The minimum Gasteiger partial charge on any atom is -0.497 e. The van der Waals surface area contributed by atoms with E-state index < -0.39 is 0 Å². The average molecular weight is 359 g/mol. The molecule has 25 heavy (non-hydrogen) atoms. The Kier molecular flexibility index (Phi) is 5.65. The van der Waals surface area contributed by atoms with Crippen LogP contribution in [0.4, 0.5) is 5.13 Å². The summed E-state index contributed by atoms with van der Waals surface area (Å²) in [6, 6.07) is 7.80. The van der Waals surface area contributed by atoms with Crippen molar-refractivity contribution in [3.05, 3.63) is 40.9 Å². The largest absolute Gasteiger partial charge is 0.497 e. The first-order valence-electron chi connectivity index (χ1n) is 8.30. The van der Waals surface area contributed by atoms with E-state index in [0.29, 0.717) is 23.8 Å². The number of hydrogen-bond donors (Lipinski definition) is 1. The van der Waals surface area contributed by atoms with Crippen LogP contribution in [0.5, 0.6) is 5.75 Å². The molecule has 0 radical (unpaired) electrons. The van der Waals surface area contributed by atoms with E-state index in [4.69, 9.17) is 4.74 Å². The van der Waals surface area contributed by atoms with E-state index >= 15 is 0 Å². The highest BCUT2D eigenvalue weighted by Crippen LogP contribution is 2.25. The fraction of sp³-hybridized carbons (Fsp3) is 0.389. The Bertz CT molecular complexity index is 742. The van der Waals surface area contributed by atoms with Crippen molar-refractivity contribution in [2.75, 3.05) is 25.1 Å². The third-order valence-electron chi connectivity index (χ3n) is 4.08. The van der Waals surface area contributed by atoms with Crippen LogP contribution in [0.2, 0.25) is 0 Å². The molecule has 6 nitrogen and oxygen atoms in total. The Balaban J connectivity index is 1.44. The normalized spacial score (nSPS) is 14.0. The van der Waals surface area contributed by atoms with Gasteiger partial charge in [-0.05, 0) is 30.5 Å². The number of nitrogens with zero attached hydrogens (tertiary/aromatic N) is 2. The summed E-state index contributed by atoms with van der Waals surface area (Å²) in [5.74, 6) is 0.881. The number of amides is 2. The average Bonchev–Trinajstić information content (AvgIpc) is 3.24. The van der Waals surface area contributed by atoms with Crippen molar-refractivity contribution in [3.8, 4) is 5.75 Å². The zero-order chi connectivity index (χ0) is 17.6. The zero-order valence-electron chi connectivity index (χ0n) is 14.2. The first kappa shape index (κ1) is 17.4. The predicted octanol–water partition coefficient (Wildman–Crippen LogP) is 2.18. The number of ether oxygens (including phenoxy) is 1. The van der Waals surface area contributed by atoms with Crippen LogP contribution in [0.25, 0.3) is 0 Å². The van der Waals surface area contributed by atoms with Gasteiger partial charge in [-0.2, -0.15) is 0 Å². The molecular formula is C18H21N3O3S. The van der Waals surface area contributed by atoms with Crippen LogP contribution in [0.15, 0.2) is 29.6 Å². The number of hydrogen-bond acceptors (Lipinski definition) is 5. The fourth-order valence-electron chi connectivity index (χ4n) is 2.72. The summed E-state index contributed by atoms with van der Waals surface area (Å²) in [5.41, 5.74) is 1.85. The summed E-state index contributed by atoms with van der Waals surface area (Å²) >= 11 is 1.42. The summed E-state index contributed by atoms with van der Waals surface area (Å²) in [6.07, 6.45) is 2.46. The molecule has 1 aromatic heterocycles. The quantitative estimate of drug-likeness (QED) is 0.822. The highest BCUT2D eigenvalue weighted by molar-refractivity contribution is 7.14. The Labute approximate surface area is 150 Å². The van der Waals surface area contributed by atoms with Gasteiger partial charge in [-0.3, -0.25) is 14.5 Å². The number of benzene rings is 1. The second-order valence-corrected chi connectivity index (χ2v) is 6.73. The molecule has 3 rings (SSSR count). The minimum absolute atomic E-state index is 0.0573. The van der Waals surface area contributed by atoms with E-state index in [0.717, 1.165) is 30.7 Å². The van der Waals surface area contributed by atoms with E-state index in [2.05, 4.69) is 10.3 Å². The lowest BCUT2D eigenvalue weighted by Crippen LogP contribution is -2.27. The Hall–Kier alpha value is -2.41. The van der Waals surface area contributed by atoms with Gasteiger partial charge in [0.25, 0.3) is 0 Å². The van der Waals surface area contributed by atoms with Gasteiger partial charge < -0.3 is 10.1 Å². The molecule has 0 saturated carbocycles. The first-order valence-corrected chi connectivity index (χ1v) is 9.18. The molecule has 0 atom stereocenters. The van der Waals surface area contributed by atoms with E-state index in [9.17, 15) is 9.59 Å². The van der Waals surface area contributed by atoms with Crippen LogP contribution >= 0.6 is 11.3 Å². The summed E-state index contributed by atoms with van der Waals surface area (Å²) < 4.78 is 5.12. The Morgan fingerprint density at radius 3 is 2.84 bits per heavy atom. The molecule has 1 aromatic carbocycles. The summed E-state index contributed by atoms with van der Waals surface area (Å²) in [6.45, 7) is 1.30. The van der Waals surface area contributed by atoms with Gasteiger partial charge in [0.15, 0.2) is 5.13 Å². The number of carbonyl (C=O) groups is 2. The van der Waals surface area contributed by atoms with Crippen molar-refractivity contribution in [1.82, 2.24) is 10.3 Å². The lowest BCUT2D eigenvalue weighted by molar-refractivity contribution is -0.120. The molecule has 0 unspecified atom stereocenters. The number of nitrogens with one attached hydrogen (secondary N) is 1. The van der Waals surface area contributed by atoms with Crippen LogP contribution in [0.1, 0.15) is 24.1 Å². The molecule has 1 aliphatic heterocycles. The number of carbonyl (C=O) groups excluding carboxylic acids is 2. The van der Waals surface area contributed by atoms with E-state index in [1.54, 1.807) is 12.0 Å². The first-order chi connectivity index (χ1) is 12.2. The van der Waals surface area contributed by atoms with Gasteiger partial charge in [0.1, 0.15) is 5.75 Å². The SMILES string of the molecule is COc1ccc(CCNC(=O)Cc2csc(N3CCCC3=O)n2)cc1. The summed E-state index contributed by atoms with van der Waals surface area (Å²) in [5, 5.41) is 5.46. The maximum absolute atomic E-state index is 12.1. The van der Waals surface area contributed by atoms with Crippen molar-refractivity contribution in [2.24, 2.45) is 0 Å². The number of anilines is 1. The highest BCUT2D eigenvalue weighted by atomic mass is 32.1. The second kappa shape index (κ2) is 8.11. The van der Waals surface area contributed by atoms with Gasteiger partial charge in [0.2, 0.25) is 11.8 Å². The monoisotopic (exact) mass is 359 g/mol. The van der Waals surface area contributed by atoms with Crippen LogP contribution in [0.3, 0.4) is 0 Å². The maximum atomic E-state index is 12.1. The molecule has 2 aromatic rings. The number of rotatable bonds is 7. The molecular weight excluding hydrogens is 338 g/mol.